The first-order chi connectivity index (χ1) is 14.5. The van der Waals surface area contributed by atoms with E-state index in [1.165, 1.54) is 27.4 Å². The van der Waals surface area contributed by atoms with Crippen molar-refractivity contribution in [1.29, 1.82) is 0 Å². The van der Waals surface area contributed by atoms with Gasteiger partial charge in [0.05, 0.1) is 21.3 Å². The van der Waals surface area contributed by atoms with Crippen LogP contribution in [0.1, 0.15) is 18.1 Å². The van der Waals surface area contributed by atoms with Crippen molar-refractivity contribution in [3.8, 4) is 17.2 Å². The molecule has 2 aromatic rings. The van der Waals surface area contributed by atoms with Gasteiger partial charge in [-0.15, -0.1) is 0 Å². The van der Waals surface area contributed by atoms with Crippen LogP contribution in [0, 0.1) is 0 Å². The zero-order valence-corrected chi connectivity index (χ0v) is 17.5. The Morgan fingerprint density at radius 1 is 1.07 bits per heavy atom. The molecule has 1 heterocycles. The highest BCUT2D eigenvalue weighted by molar-refractivity contribution is 5.98. The number of esters is 1. The molecule has 1 unspecified atom stereocenters. The quantitative estimate of drug-likeness (QED) is 0.514. The highest BCUT2D eigenvalue weighted by Gasteiger charge is 2.30. The summed E-state index contributed by atoms with van der Waals surface area (Å²) in [5.74, 6) is 0.549. The average molecular weight is 411 g/mol. The molecule has 7 heteroatoms. The molecule has 0 aliphatic carbocycles. The highest BCUT2D eigenvalue weighted by atomic mass is 16.5. The number of amides is 1. The van der Waals surface area contributed by atoms with Crippen molar-refractivity contribution in [3.05, 3.63) is 53.6 Å². The topological polar surface area (TPSA) is 74.3 Å². The first kappa shape index (κ1) is 21.2. The number of hydrogen-bond acceptors (Lipinski definition) is 6. The Labute approximate surface area is 175 Å². The minimum absolute atomic E-state index is 0.0309. The predicted molar refractivity (Wildman–Crippen MR) is 113 cm³/mol. The lowest BCUT2D eigenvalue weighted by atomic mass is 10.1. The van der Waals surface area contributed by atoms with Crippen LogP contribution in [-0.2, 0) is 20.7 Å². The maximum Gasteiger partial charge on any atom is 0.331 e. The first-order valence-electron chi connectivity index (χ1n) is 9.53. The van der Waals surface area contributed by atoms with Gasteiger partial charge in [-0.1, -0.05) is 18.2 Å². The van der Waals surface area contributed by atoms with Gasteiger partial charge in [0, 0.05) is 17.8 Å². The van der Waals surface area contributed by atoms with Gasteiger partial charge >= 0.3 is 5.97 Å². The Morgan fingerprint density at radius 2 is 1.73 bits per heavy atom. The number of benzene rings is 2. The molecule has 1 aliphatic heterocycles. The third kappa shape index (κ3) is 4.40. The van der Waals surface area contributed by atoms with Crippen LogP contribution in [0.4, 0.5) is 5.69 Å². The highest BCUT2D eigenvalue weighted by Crippen LogP contribution is 2.38. The lowest BCUT2D eigenvalue weighted by Gasteiger charge is -2.22. The zero-order valence-electron chi connectivity index (χ0n) is 17.5. The molecule has 0 fully saturated rings. The van der Waals surface area contributed by atoms with E-state index in [4.69, 9.17) is 18.9 Å². The largest absolute Gasteiger partial charge is 0.493 e. The van der Waals surface area contributed by atoms with E-state index in [9.17, 15) is 9.59 Å². The van der Waals surface area contributed by atoms with Crippen LogP contribution < -0.4 is 19.1 Å². The monoisotopic (exact) mass is 411 g/mol. The molecular formula is C23H25NO6. The normalized spacial score (nSPS) is 15.1. The van der Waals surface area contributed by atoms with Crippen molar-refractivity contribution in [3.63, 3.8) is 0 Å². The summed E-state index contributed by atoms with van der Waals surface area (Å²) in [6, 6.07) is 11.2. The van der Waals surface area contributed by atoms with E-state index < -0.39 is 5.97 Å². The van der Waals surface area contributed by atoms with Gasteiger partial charge in [0.2, 0.25) is 5.75 Å². The number of rotatable bonds is 7. The van der Waals surface area contributed by atoms with E-state index in [0.717, 1.165) is 17.7 Å². The second kappa shape index (κ2) is 9.35. The Balaban J connectivity index is 1.64. The van der Waals surface area contributed by atoms with Crippen molar-refractivity contribution >= 4 is 23.6 Å². The molecule has 0 saturated heterocycles. The van der Waals surface area contributed by atoms with Gasteiger partial charge in [0.1, 0.15) is 0 Å². The number of fused-ring (bicyclic) bond motifs is 1. The van der Waals surface area contributed by atoms with Gasteiger partial charge in [0.25, 0.3) is 5.91 Å². The van der Waals surface area contributed by atoms with E-state index in [-0.39, 0.29) is 18.6 Å². The Kier molecular flexibility index (Phi) is 6.61. The Morgan fingerprint density at radius 3 is 2.37 bits per heavy atom. The van der Waals surface area contributed by atoms with Crippen LogP contribution in [0.3, 0.4) is 0 Å². The number of carbonyl (C=O) groups excluding carboxylic acids is 2. The van der Waals surface area contributed by atoms with Gasteiger partial charge in [-0.05, 0) is 48.7 Å². The van der Waals surface area contributed by atoms with E-state index in [1.807, 2.05) is 31.2 Å². The van der Waals surface area contributed by atoms with Gasteiger partial charge in [-0.2, -0.15) is 0 Å². The standard InChI is InChI=1S/C23H25NO6/c1-15-11-17-7-5-6-8-18(17)24(15)21(25)14-30-22(26)10-9-16-12-19(27-2)23(29-4)20(13-16)28-3/h5-10,12-13,15H,11,14H2,1-4H3/b10-9+. The van der Waals surface area contributed by atoms with Crippen molar-refractivity contribution in [2.75, 3.05) is 32.8 Å². The third-order valence-corrected chi connectivity index (χ3v) is 4.91. The number of anilines is 1. The molecule has 0 radical (unpaired) electrons. The van der Waals surface area contributed by atoms with Crippen molar-refractivity contribution < 1.29 is 28.5 Å². The molecule has 0 N–H and O–H groups in total. The number of carbonyl (C=O) groups is 2. The van der Waals surface area contributed by atoms with Crippen LogP contribution in [0.15, 0.2) is 42.5 Å². The SMILES string of the molecule is COc1cc(/C=C/C(=O)OCC(=O)N2c3ccccc3CC2C)cc(OC)c1OC. The third-order valence-electron chi connectivity index (χ3n) is 4.91. The lowest BCUT2D eigenvalue weighted by molar-refractivity contribution is -0.143. The summed E-state index contributed by atoms with van der Waals surface area (Å²) in [5.41, 5.74) is 2.65. The van der Waals surface area contributed by atoms with E-state index in [0.29, 0.717) is 22.8 Å². The maximum atomic E-state index is 12.6. The van der Waals surface area contributed by atoms with Crippen LogP contribution in [0.2, 0.25) is 0 Å². The van der Waals surface area contributed by atoms with Crippen molar-refractivity contribution in [1.82, 2.24) is 0 Å². The number of nitrogens with zero attached hydrogens (tertiary/aromatic N) is 1. The van der Waals surface area contributed by atoms with E-state index in [1.54, 1.807) is 23.1 Å². The van der Waals surface area contributed by atoms with E-state index in [2.05, 4.69) is 0 Å². The molecular weight excluding hydrogens is 386 g/mol. The van der Waals surface area contributed by atoms with Gasteiger partial charge in [-0.25, -0.2) is 4.79 Å². The molecule has 1 aliphatic rings. The fourth-order valence-electron chi connectivity index (χ4n) is 3.56. The minimum Gasteiger partial charge on any atom is -0.493 e. The van der Waals surface area contributed by atoms with Crippen LogP contribution in [0.5, 0.6) is 17.2 Å². The molecule has 158 valence electrons. The molecule has 7 nitrogen and oxygen atoms in total. The molecule has 1 amide bonds. The predicted octanol–water partition coefficient (Wildman–Crippen LogP) is 3.25. The molecule has 0 aromatic heterocycles. The summed E-state index contributed by atoms with van der Waals surface area (Å²) in [6.07, 6.45) is 3.61. The van der Waals surface area contributed by atoms with Crippen LogP contribution in [-0.4, -0.2) is 45.9 Å². The molecule has 30 heavy (non-hydrogen) atoms. The van der Waals surface area contributed by atoms with Gasteiger partial charge < -0.3 is 23.8 Å². The second-order valence-electron chi connectivity index (χ2n) is 6.85. The zero-order chi connectivity index (χ0) is 21.7. The summed E-state index contributed by atoms with van der Waals surface area (Å²) in [7, 11) is 4.55. The fraction of sp³-hybridized carbons (Fsp3) is 0.304. The smallest absolute Gasteiger partial charge is 0.331 e. The summed E-state index contributed by atoms with van der Waals surface area (Å²) in [6.45, 7) is 1.65. The van der Waals surface area contributed by atoms with Gasteiger partial charge in [-0.3, -0.25) is 4.79 Å². The van der Waals surface area contributed by atoms with Crippen LogP contribution >= 0.6 is 0 Å². The number of para-hydroxylation sites is 1. The number of ether oxygens (including phenoxy) is 4. The maximum absolute atomic E-state index is 12.6. The van der Waals surface area contributed by atoms with Crippen LogP contribution in [0.25, 0.3) is 6.08 Å². The van der Waals surface area contributed by atoms with Crippen molar-refractivity contribution in [2.45, 2.75) is 19.4 Å². The second-order valence-corrected chi connectivity index (χ2v) is 6.85. The summed E-state index contributed by atoms with van der Waals surface area (Å²) >= 11 is 0. The number of hydrogen-bond donors (Lipinski definition) is 0. The molecule has 3 rings (SSSR count). The summed E-state index contributed by atoms with van der Waals surface area (Å²) in [5, 5.41) is 0. The van der Waals surface area contributed by atoms with E-state index >= 15 is 0 Å². The average Bonchev–Trinajstić information content (AvgIpc) is 3.10. The Bertz CT molecular complexity index is 943. The molecule has 2 aromatic carbocycles. The lowest BCUT2D eigenvalue weighted by Crippen LogP contribution is -2.38. The Hall–Kier alpha value is -3.48. The summed E-state index contributed by atoms with van der Waals surface area (Å²) < 4.78 is 21.0. The molecule has 0 bridgehead atoms. The molecule has 1 atom stereocenters. The molecule has 0 saturated carbocycles. The minimum atomic E-state index is -0.614. The fourth-order valence-corrected chi connectivity index (χ4v) is 3.56. The summed E-state index contributed by atoms with van der Waals surface area (Å²) in [4.78, 5) is 26.4. The molecule has 0 spiro atoms. The first-order valence-corrected chi connectivity index (χ1v) is 9.53. The number of methoxy groups -OCH3 is 3. The van der Waals surface area contributed by atoms with Crippen molar-refractivity contribution in [2.24, 2.45) is 0 Å². The van der Waals surface area contributed by atoms with Gasteiger partial charge in [0.15, 0.2) is 18.1 Å².